The number of nitrogens with zero attached hydrogens (tertiary/aromatic N) is 2. The zero-order chi connectivity index (χ0) is 10.1. The summed E-state index contributed by atoms with van der Waals surface area (Å²) >= 11 is 0. The quantitative estimate of drug-likeness (QED) is 0.691. The van der Waals surface area contributed by atoms with Crippen molar-refractivity contribution in [3.05, 3.63) is 18.7 Å². The molecule has 0 amide bonds. The normalized spacial score (nSPS) is 16.9. The van der Waals surface area contributed by atoms with Crippen LogP contribution in [0.3, 0.4) is 0 Å². The molecule has 0 aliphatic carbocycles. The van der Waals surface area contributed by atoms with Crippen molar-refractivity contribution in [3.63, 3.8) is 0 Å². The van der Waals surface area contributed by atoms with Crippen molar-refractivity contribution < 1.29 is 9.09 Å². The summed E-state index contributed by atoms with van der Waals surface area (Å²) < 4.78 is 19.0. The first kappa shape index (κ1) is 10.5. The molecule has 1 aromatic heterocycles. The van der Waals surface area contributed by atoms with Crippen LogP contribution < -0.4 is 0 Å². The Balaban J connectivity index is 3.18. The summed E-state index contributed by atoms with van der Waals surface area (Å²) in [6.07, 6.45) is 4.78. The molecule has 1 rings (SSSR count). The molecule has 0 radical (unpaired) electrons. The Morgan fingerprint density at radius 2 is 2.08 bits per heavy atom. The third-order valence-corrected chi connectivity index (χ3v) is 4.92. The van der Waals surface area contributed by atoms with E-state index < -0.39 is 12.7 Å². The van der Waals surface area contributed by atoms with E-state index in [4.69, 9.17) is 4.52 Å². The number of aromatic nitrogens is 2. The molecule has 1 aromatic rings. The van der Waals surface area contributed by atoms with E-state index >= 15 is 0 Å². The van der Waals surface area contributed by atoms with Crippen molar-refractivity contribution in [2.24, 2.45) is 0 Å². The van der Waals surface area contributed by atoms with Crippen LogP contribution in [0.5, 0.6) is 0 Å². The van der Waals surface area contributed by atoms with E-state index in [9.17, 15) is 4.57 Å². The molecule has 0 saturated carbocycles. The van der Waals surface area contributed by atoms with Crippen LogP contribution in [-0.2, 0) is 9.09 Å². The molecule has 0 aliphatic heterocycles. The molecule has 5 heteroatoms. The fourth-order valence-electron chi connectivity index (χ4n) is 1.12. The van der Waals surface area contributed by atoms with Gasteiger partial charge in [0.25, 0.3) is 0 Å². The summed E-state index contributed by atoms with van der Waals surface area (Å²) in [7, 11) is -1.37. The van der Waals surface area contributed by atoms with Crippen LogP contribution in [0.4, 0.5) is 0 Å². The lowest BCUT2D eigenvalue weighted by Gasteiger charge is -2.29. The van der Waals surface area contributed by atoms with E-state index in [1.54, 1.807) is 16.7 Å². The van der Waals surface area contributed by atoms with Crippen LogP contribution in [0, 0.1) is 0 Å². The van der Waals surface area contributed by atoms with Gasteiger partial charge in [0.1, 0.15) is 6.33 Å². The van der Waals surface area contributed by atoms with Crippen molar-refractivity contribution in [1.29, 1.82) is 0 Å². The third-order valence-electron chi connectivity index (χ3n) is 1.89. The van der Waals surface area contributed by atoms with Gasteiger partial charge in [-0.1, -0.05) is 0 Å². The maximum Gasteiger partial charge on any atom is 0.305 e. The Morgan fingerprint density at radius 3 is 2.38 bits per heavy atom. The molecule has 1 unspecified atom stereocenters. The number of imidazole rings is 1. The first-order valence-electron chi connectivity index (χ1n) is 4.06. The lowest BCUT2D eigenvalue weighted by atomic mass is 10.3. The lowest BCUT2D eigenvalue weighted by Crippen LogP contribution is -2.20. The molecule has 0 aliphatic rings. The molecule has 0 spiro atoms. The van der Waals surface area contributed by atoms with E-state index in [0.717, 1.165) is 0 Å². The second kappa shape index (κ2) is 3.28. The molecule has 13 heavy (non-hydrogen) atoms. The first-order valence-corrected chi connectivity index (χ1v) is 5.64. The van der Waals surface area contributed by atoms with E-state index in [0.29, 0.717) is 0 Å². The minimum Gasteiger partial charge on any atom is -0.316 e. The summed E-state index contributed by atoms with van der Waals surface area (Å²) in [5.74, 6) is 0. The van der Waals surface area contributed by atoms with Crippen LogP contribution in [0.1, 0.15) is 20.8 Å². The van der Waals surface area contributed by atoms with E-state index in [1.165, 1.54) is 13.4 Å². The highest BCUT2D eigenvalue weighted by molar-refractivity contribution is 7.58. The lowest BCUT2D eigenvalue weighted by molar-refractivity contribution is 0.361. The minimum atomic E-state index is -2.83. The average molecular weight is 202 g/mol. The predicted octanol–water partition coefficient (Wildman–Crippen LogP) is 2.37. The van der Waals surface area contributed by atoms with Gasteiger partial charge in [0.2, 0.25) is 0 Å². The van der Waals surface area contributed by atoms with Crippen molar-refractivity contribution in [2.45, 2.75) is 25.9 Å². The molecule has 0 bridgehead atoms. The van der Waals surface area contributed by atoms with Crippen LogP contribution >= 0.6 is 7.52 Å². The second-order valence-electron chi connectivity index (χ2n) is 3.82. The van der Waals surface area contributed by atoms with Crippen molar-refractivity contribution in [3.8, 4) is 0 Å². The number of hydrogen-bond acceptors (Lipinski definition) is 3. The standard InChI is InChI=1S/C8H15N2O2P/c1-8(2,3)13(11,12-4)10-6-5-9-7-10/h5-7H,1-4H3. The van der Waals surface area contributed by atoms with Gasteiger partial charge in [-0.3, -0.25) is 8.90 Å². The summed E-state index contributed by atoms with van der Waals surface area (Å²) in [6, 6.07) is 0. The van der Waals surface area contributed by atoms with Crippen molar-refractivity contribution >= 4 is 7.52 Å². The maximum absolute atomic E-state index is 12.4. The fourth-order valence-corrected chi connectivity index (χ4v) is 2.98. The van der Waals surface area contributed by atoms with Crippen molar-refractivity contribution in [1.82, 2.24) is 9.32 Å². The summed E-state index contributed by atoms with van der Waals surface area (Å²) in [5, 5.41) is -0.414. The Kier molecular flexibility index (Phi) is 2.64. The zero-order valence-electron chi connectivity index (χ0n) is 8.39. The largest absolute Gasteiger partial charge is 0.316 e. The molecule has 74 valence electrons. The van der Waals surface area contributed by atoms with E-state index in [-0.39, 0.29) is 0 Å². The summed E-state index contributed by atoms with van der Waals surface area (Å²) in [4.78, 5) is 3.86. The monoisotopic (exact) mass is 202 g/mol. The Hall–Kier alpha value is -0.600. The minimum absolute atomic E-state index is 0.414. The van der Waals surface area contributed by atoms with Crippen LogP contribution in [0.15, 0.2) is 18.7 Å². The molecule has 1 atom stereocenters. The fraction of sp³-hybridized carbons (Fsp3) is 0.625. The summed E-state index contributed by atoms with van der Waals surface area (Å²) in [6.45, 7) is 5.66. The summed E-state index contributed by atoms with van der Waals surface area (Å²) in [5.41, 5.74) is 0. The predicted molar refractivity (Wildman–Crippen MR) is 52.0 cm³/mol. The van der Waals surface area contributed by atoms with Gasteiger partial charge in [0, 0.05) is 19.5 Å². The van der Waals surface area contributed by atoms with Gasteiger partial charge in [0.15, 0.2) is 0 Å². The Bertz CT molecular complexity index is 313. The highest BCUT2D eigenvalue weighted by atomic mass is 31.2. The zero-order valence-corrected chi connectivity index (χ0v) is 9.28. The van der Waals surface area contributed by atoms with Gasteiger partial charge >= 0.3 is 7.52 Å². The highest BCUT2D eigenvalue weighted by Crippen LogP contribution is 2.58. The van der Waals surface area contributed by atoms with E-state index in [1.807, 2.05) is 20.8 Å². The van der Waals surface area contributed by atoms with Crippen LogP contribution in [0.2, 0.25) is 0 Å². The molecular weight excluding hydrogens is 187 g/mol. The topological polar surface area (TPSA) is 44.1 Å². The van der Waals surface area contributed by atoms with Crippen LogP contribution in [0.25, 0.3) is 0 Å². The first-order chi connectivity index (χ1) is 5.92. The average Bonchev–Trinajstić information content (AvgIpc) is 2.52. The molecule has 4 nitrogen and oxygen atoms in total. The number of hydrogen-bond donors (Lipinski definition) is 0. The molecule has 0 aromatic carbocycles. The Morgan fingerprint density at radius 1 is 1.46 bits per heavy atom. The van der Waals surface area contributed by atoms with Gasteiger partial charge in [0.05, 0.1) is 5.16 Å². The smallest absolute Gasteiger partial charge is 0.305 e. The molecule has 1 heterocycles. The van der Waals surface area contributed by atoms with Gasteiger partial charge in [-0.2, -0.15) is 0 Å². The van der Waals surface area contributed by atoms with Gasteiger partial charge in [-0.15, -0.1) is 0 Å². The number of rotatable bonds is 2. The van der Waals surface area contributed by atoms with Crippen molar-refractivity contribution in [2.75, 3.05) is 7.11 Å². The van der Waals surface area contributed by atoms with Gasteiger partial charge in [-0.05, 0) is 20.8 Å². The third kappa shape index (κ3) is 1.69. The van der Waals surface area contributed by atoms with Gasteiger partial charge < -0.3 is 4.52 Å². The molecule has 0 N–H and O–H groups in total. The second-order valence-corrected chi connectivity index (χ2v) is 7.03. The SMILES string of the molecule is COP(=O)(n1ccnc1)C(C)(C)C. The highest BCUT2D eigenvalue weighted by Gasteiger charge is 2.38. The Labute approximate surface area is 78.4 Å². The molecular formula is C8H15N2O2P. The molecule has 0 fully saturated rings. The molecule has 0 saturated heterocycles. The van der Waals surface area contributed by atoms with Gasteiger partial charge in [-0.25, -0.2) is 4.98 Å². The van der Waals surface area contributed by atoms with Crippen LogP contribution in [-0.4, -0.2) is 21.6 Å². The maximum atomic E-state index is 12.4. The van der Waals surface area contributed by atoms with E-state index in [2.05, 4.69) is 4.98 Å².